The van der Waals surface area contributed by atoms with Crippen molar-refractivity contribution in [3.63, 3.8) is 0 Å². The van der Waals surface area contributed by atoms with Gasteiger partial charge in [0.2, 0.25) is 0 Å². The summed E-state index contributed by atoms with van der Waals surface area (Å²) >= 11 is 0. The normalized spacial score (nSPS) is 40.4. The van der Waals surface area contributed by atoms with Crippen LogP contribution in [-0.2, 0) is 9.16 Å². The molecule has 0 aromatic rings. The van der Waals surface area contributed by atoms with E-state index in [1.807, 2.05) is 0 Å². The highest BCUT2D eigenvalue weighted by molar-refractivity contribution is 6.74. The van der Waals surface area contributed by atoms with Gasteiger partial charge >= 0.3 is 0 Å². The fraction of sp³-hybridized carbons (Fsp3) is 1.00. The summed E-state index contributed by atoms with van der Waals surface area (Å²) in [6, 6.07) is 0.111. The van der Waals surface area contributed by atoms with Gasteiger partial charge in [-0.3, -0.25) is 0 Å². The van der Waals surface area contributed by atoms with Crippen molar-refractivity contribution in [2.45, 2.75) is 63.5 Å². The standard InChI is InChI=1S/C13H27BO3Si/c1-13(2,3)18(4,5)17-11-9-6-8(9)10(7-15)16-12(11)14/h8-12,15H,6-7,14H2,1-5H3/t8?,9?,10-,11?,12-/m1/s1. The van der Waals surface area contributed by atoms with E-state index >= 15 is 0 Å². The highest BCUT2D eigenvalue weighted by Gasteiger charge is 2.56. The van der Waals surface area contributed by atoms with Crippen LogP contribution in [0.3, 0.4) is 0 Å². The van der Waals surface area contributed by atoms with Crippen LogP contribution in [0, 0.1) is 11.8 Å². The molecule has 3 unspecified atom stereocenters. The smallest absolute Gasteiger partial charge is 0.192 e. The topological polar surface area (TPSA) is 38.7 Å². The van der Waals surface area contributed by atoms with Crippen molar-refractivity contribution in [2.24, 2.45) is 11.8 Å². The SMILES string of the molecule is B[C@@H]1O[C@H](CO)C2CC2C1O[Si](C)(C)C(C)(C)C. The fourth-order valence-corrected chi connectivity index (χ4v) is 4.12. The molecule has 1 N–H and O–H groups in total. The van der Waals surface area contributed by atoms with Crippen LogP contribution < -0.4 is 0 Å². The zero-order chi connectivity index (χ0) is 13.7. The Kier molecular flexibility index (Phi) is 3.74. The summed E-state index contributed by atoms with van der Waals surface area (Å²) in [4.78, 5) is 0. The van der Waals surface area contributed by atoms with Gasteiger partial charge in [-0.2, -0.15) is 0 Å². The quantitative estimate of drug-likeness (QED) is 0.787. The number of ether oxygens (including phenoxy) is 1. The van der Waals surface area contributed by atoms with Crippen molar-refractivity contribution in [3.05, 3.63) is 0 Å². The lowest BCUT2D eigenvalue weighted by Crippen LogP contribution is -2.52. The molecular formula is C13H27BO3Si. The molecule has 1 saturated heterocycles. The Balaban J connectivity index is 2.03. The van der Waals surface area contributed by atoms with Crippen molar-refractivity contribution in [2.75, 3.05) is 6.61 Å². The number of aliphatic hydroxyl groups is 1. The molecule has 0 aromatic carbocycles. The largest absolute Gasteiger partial charge is 0.412 e. The predicted molar refractivity (Wildman–Crippen MR) is 78.0 cm³/mol. The first-order valence-electron chi connectivity index (χ1n) is 7.11. The van der Waals surface area contributed by atoms with E-state index in [0.717, 1.165) is 6.42 Å². The predicted octanol–water partition coefficient (Wildman–Crippen LogP) is 1.36. The molecule has 5 atom stereocenters. The van der Waals surface area contributed by atoms with Gasteiger partial charge in [0, 0.05) is 6.00 Å². The van der Waals surface area contributed by atoms with Crippen molar-refractivity contribution < 1.29 is 14.3 Å². The summed E-state index contributed by atoms with van der Waals surface area (Å²) < 4.78 is 12.4. The minimum absolute atomic E-state index is 0.0456. The van der Waals surface area contributed by atoms with Crippen molar-refractivity contribution >= 4 is 16.2 Å². The van der Waals surface area contributed by atoms with Gasteiger partial charge < -0.3 is 14.3 Å². The Morgan fingerprint density at radius 2 is 1.94 bits per heavy atom. The average Bonchev–Trinajstić information content (AvgIpc) is 3.00. The third kappa shape index (κ3) is 2.55. The lowest BCUT2D eigenvalue weighted by atomic mass is 9.88. The monoisotopic (exact) mass is 270 g/mol. The van der Waals surface area contributed by atoms with Crippen LogP contribution in [0.15, 0.2) is 0 Å². The second-order valence-electron chi connectivity index (χ2n) is 7.47. The number of rotatable bonds is 3. The molecule has 3 nitrogen and oxygen atoms in total. The third-order valence-corrected chi connectivity index (χ3v) is 9.53. The Morgan fingerprint density at radius 3 is 2.44 bits per heavy atom. The number of fused-ring (bicyclic) bond motifs is 1. The van der Waals surface area contributed by atoms with E-state index in [4.69, 9.17) is 9.16 Å². The van der Waals surface area contributed by atoms with Crippen molar-refractivity contribution in [1.82, 2.24) is 0 Å². The van der Waals surface area contributed by atoms with Gasteiger partial charge in [-0.05, 0) is 36.4 Å². The van der Waals surface area contributed by atoms with Crippen LogP contribution in [0.2, 0.25) is 18.1 Å². The van der Waals surface area contributed by atoms with Crippen LogP contribution in [-0.4, -0.2) is 46.1 Å². The highest BCUT2D eigenvalue weighted by atomic mass is 28.4. The summed E-state index contributed by atoms with van der Waals surface area (Å²) in [6.07, 6.45) is 1.44. The molecule has 1 saturated carbocycles. The summed E-state index contributed by atoms with van der Waals surface area (Å²) in [5.74, 6) is 1.14. The van der Waals surface area contributed by atoms with E-state index in [0.29, 0.717) is 11.8 Å². The molecular weight excluding hydrogens is 243 g/mol. The van der Waals surface area contributed by atoms with E-state index in [-0.39, 0.29) is 29.9 Å². The maximum atomic E-state index is 9.30. The second-order valence-corrected chi connectivity index (χ2v) is 12.2. The van der Waals surface area contributed by atoms with Crippen LogP contribution in [0.4, 0.5) is 0 Å². The molecule has 0 spiro atoms. The van der Waals surface area contributed by atoms with E-state index in [2.05, 4.69) is 41.7 Å². The van der Waals surface area contributed by atoms with Crippen LogP contribution in [0.25, 0.3) is 0 Å². The van der Waals surface area contributed by atoms with Crippen LogP contribution >= 0.6 is 0 Å². The van der Waals surface area contributed by atoms with Crippen molar-refractivity contribution in [1.29, 1.82) is 0 Å². The summed E-state index contributed by atoms with van der Waals surface area (Å²) in [6.45, 7) is 11.6. The molecule has 2 rings (SSSR count). The number of hydrogen-bond donors (Lipinski definition) is 1. The molecule has 0 radical (unpaired) electrons. The first-order chi connectivity index (χ1) is 8.17. The molecule has 1 heterocycles. The first-order valence-corrected chi connectivity index (χ1v) is 10.0. The molecule has 104 valence electrons. The molecule has 1 aliphatic heterocycles. The average molecular weight is 270 g/mol. The maximum absolute atomic E-state index is 9.30. The van der Waals surface area contributed by atoms with Gasteiger partial charge in [0.15, 0.2) is 8.32 Å². The van der Waals surface area contributed by atoms with E-state index in [1.54, 1.807) is 0 Å². The van der Waals surface area contributed by atoms with E-state index < -0.39 is 8.32 Å². The van der Waals surface area contributed by atoms with Crippen molar-refractivity contribution in [3.8, 4) is 0 Å². The lowest BCUT2D eigenvalue weighted by Gasteiger charge is -2.43. The van der Waals surface area contributed by atoms with Crippen LogP contribution in [0.5, 0.6) is 0 Å². The zero-order valence-corrected chi connectivity index (χ0v) is 13.6. The zero-order valence-electron chi connectivity index (χ0n) is 12.6. The number of hydrogen-bond acceptors (Lipinski definition) is 3. The molecule has 1 aliphatic carbocycles. The summed E-state index contributed by atoms with van der Waals surface area (Å²) in [5, 5.41) is 9.54. The minimum atomic E-state index is -1.72. The lowest BCUT2D eigenvalue weighted by molar-refractivity contribution is -0.0966. The molecule has 0 amide bonds. The van der Waals surface area contributed by atoms with E-state index in [9.17, 15) is 5.11 Å². The highest BCUT2D eigenvalue weighted by Crippen LogP contribution is 2.52. The summed E-state index contributed by atoms with van der Waals surface area (Å²) in [5.41, 5.74) is 0. The van der Waals surface area contributed by atoms with Gasteiger partial charge in [-0.1, -0.05) is 20.8 Å². The van der Waals surface area contributed by atoms with Crippen LogP contribution in [0.1, 0.15) is 27.2 Å². The fourth-order valence-electron chi connectivity index (χ4n) is 2.72. The van der Waals surface area contributed by atoms with Gasteiger partial charge in [0.1, 0.15) is 7.85 Å². The third-order valence-electron chi connectivity index (χ3n) is 5.06. The molecule has 2 fully saturated rings. The molecule has 0 aromatic heterocycles. The Hall–Kier alpha value is 0.162. The molecule has 5 heteroatoms. The number of aliphatic hydroxyl groups excluding tert-OH is 1. The molecule has 18 heavy (non-hydrogen) atoms. The van der Waals surface area contributed by atoms with Gasteiger partial charge in [0.05, 0.1) is 18.8 Å². The Morgan fingerprint density at radius 1 is 1.33 bits per heavy atom. The Labute approximate surface area is 113 Å². The first kappa shape index (κ1) is 14.6. The Bertz CT molecular complexity index is 314. The van der Waals surface area contributed by atoms with Gasteiger partial charge in [-0.15, -0.1) is 0 Å². The molecule has 0 bridgehead atoms. The maximum Gasteiger partial charge on any atom is 0.192 e. The van der Waals surface area contributed by atoms with E-state index in [1.165, 1.54) is 0 Å². The van der Waals surface area contributed by atoms with Gasteiger partial charge in [-0.25, -0.2) is 0 Å². The summed E-state index contributed by atoms with van der Waals surface area (Å²) in [7, 11) is 0.368. The second kappa shape index (κ2) is 4.62. The minimum Gasteiger partial charge on any atom is -0.412 e. The molecule has 2 aliphatic rings. The van der Waals surface area contributed by atoms with Gasteiger partial charge in [0.25, 0.3) is 0 Å².